The largest absolute Gasteiger partial charge is 0.457 e. The first kappa shape index (κ1) is 42.6. The van der Waals surface area contributed by atoms with Crippen LogP contribution in [0.3, 0.4) is 0 Å². The van der Waals surface area contributed by atoms with Crippen LogP contribution in [0.5, 0.6) is 11.5 Å². The van der Waals surface area contributed by atoms with E-state index in [1.165, 1.54) is 76.0 Å². The molecule has 3 heterocycles. The van der Waals surface area contributed by atoms with Crippen molar-refractivity contribution in [1.82, 2.24) is 14.0 Å². The fraction of sp³-hybridized carbons (Fsp3) is 0.0758. The fourth-order valence-electron chi connectivity index (χ4n) is 12.5. The Labute approximate surface area is 422 Å². The first-order valence-corrected chi connectivity index (χ1v) is 30.1. The molecule has 0 saturated heterocycles. The quantitative estimate of drug-likeness (QED) is 0.127. The number of imidazole rings is 2. The van der Waals surface area contributed by atoms with Crippen LogP contribution < -0.4 is 30.7 Å². The van der Waals surface area contributed by atoms with E-state index < -0.39 is 16.1 Å². The number of nitrogens with zero attached hydrogens (tertiary/aromatic N) is 3. The van der Waals surface area contributed by atoms with Gasteiger partial charge < -0.3 is 4.74 Å². The lowest BCUT2D eigenvalue weighted by atomic mass is 9.81. The van der Waals surface area contributed by atoms with Crippen LogP contribution in [0, 0.1) is 0 Å². The number of rotatable bonds is 5. The summed E-state index contributed by atoms with van der Waals surface area (Å²) in [7, 11) is -6.02. The normalized spacial score (nSPS) is 14.2. The van der Waals surface area contributed by atoms with Crippen molar-refractivity contribution in [2.45, 2.75) is 32.0 Å². The lowest BCUT2D eigenvalue weighted by Crippen LogP contribution is -2.75. The summed E-state index contributed by atoms with van der Waals surface area (Å²) >= 11 is 0. The second kappa shape index (κ2) is 15.9. The average molecular weight is 958 g/mol. The van der Waals surface area contributed by atoms with Crippen LogP contribution in [0.1, 0.15) is 19.4 Å². The SMILES string of the molecule is CC1(C)c2ccccc2Oc2c([Si](c3ccccc3)(c3ccccc3)c3ccc4c(c3)-c3ccccc3-c3ccccc3-c3ccccc3-4)cc(-n3c4ccccc4n4c5ccccc5nc34)cc2[Si]1(C)C. The molecule has 10 aromatic carbocycles. The summed E-state index contributed by atoms with van der Waals surface area (Å²) in [5, 5.41) is 6.17. The van der Waals surface area contributed by atoms with Crippen molar-refractivity contribution in [2.24, 2.45) is 0 Å². The Morgan fingerprint density at radius 3 is 1.54 bits per heavy atom. The molecule has 0 bridgehead atoms. The Hall–Kier alpha value is -8.30. The van der Waals surface area contributed by atoms with Crippen molar-refractivity contribution in [3.63, 3.8) is 0 Å². The molecule has 1 aliphatic heterocycles. The van der Waals surface area contributed by atoms with Crippen LogP contribution in [0.4, 0.5) is 0 Å². The lowest BCUT2D eigenvalue weighted by Gasteiger charge is -2.41. The first-order valence-electron chi connectivity index (χ1n) is 25.1. The zero-order chi connectivity index (χ0) is 48.3. The number of aromatic nitrogens is 3. The highest BCUT2D eigenvalue weighted by molar-refractivity contribution is 7.20. The number of hydrogen-bond acceptors (Lipinski definition) is 2. The number of para-hydroxylation sites is 5. The predicted octanol–water partition coefficient (Wildman–Crippen LogP) is 13.3. The summed E-state index contributed by atoms with van der Waals surface area (Å²) in [4.78, 5) is 5.46. The van der Waals surface area contributed by atoms with Gasteiger partial charge in [0.15, 0.2) is 8.07 Å². The molecule has 0 fully saturated rings. The minimum absolute atomic E-state index is 0.208. The molecule has 1 aliphatic carbocycles. The van der Waals surface area contributed by atoms with Crippen molar-refractivity contribution in [3.05, 3.63) is 242 Å². The van der Waals surface area contributed by atoms with E-state index in [1.54, 1.807) is 0 Å². The minimum Gasteiger partial charge on any atom is -0.457 e. The second-order valence-corrected chi connectivity index (χ2v) is 29.5. The molecule has 2 aromatic heterocycles. The Kier molecular flexibility index (Phi) is 9.38. The monoisotopic (exact) mass is 957 g/mol. The first-order chi connectivity index (χ1) is 35.2. The van der Waals surface area contributed by atoms with Gasteiger partial charge in [-0.2, -0.15) is 0 Å². The summed E-state index contributed by atoms with van der Waals surface area (Å²) in [6.45, 7) is 10.0. The maximum Gasteiger partial charge on any atom is 0.220 e. The van der Waals surface area contributed by atoms with E-state index in [0.717, 1.165) is 45.0 Å². The lowest BCUT2D eigenvalue weighted by molar-refractivity contribution is 0.480. The maximum absolute atomic E-state index is 7.80. The molecule has 12 aromatic rings. The molecule has 0 N–H and O–H groups in total. The summed E-state index contributed by atoms with van der Waals surface area (Å²) in [5.41, 5.74) is 16.5. The highest BCUT2D eigenvalue weighted by Crippen LogP contribution is 2.48. The van der Waals surface area contributed by atoms with E-state index >= 15 is 0 Å². The highest BCUT2D eigenvalue weighted by Gasteiger charge is 2.51. The third-order valence-corrected chi connectivity index (χ3v) is 26.5. The van der Waals surface area contributed by atoms with Crippen molar-refractivity contribution in [3.8, 4) is 61.7 Å². The van der Waals surface area contributed by atoms with Gasteiger partial charge in [-0.25, -0.2) is 4.98 Å². The van der Waals surface area contributed by atoms with Crippen LogP contribution in [-0.2, 0) is 5.04 Å². The topological polar surface area (TPSA) is 31.5 Å². The van der Waals surface area contributed by atoms with Gasteiger partial charge in [0.2, 0.25) is 5.78 Å². The third-order valence-electron chi connectivity index (χ3n) is 16.7. The summed E-state index contributed by atoms with van der Waals surface area (Å²) in [6, 6.07) is 88.3. The van der Waals surface area contributed by atoms with Gasteiger partial charge in [0.05, 0.1) is 30.1 Å². The van der Waals surface area contributed by atoms with Gasteiger partial charge in [0, 0.05) is 5.69 Å². The van der Waals surface area contributed by atoms with E-state index in [4.69, 9.17) is 9.72 Å². The van der Waals surface area contributed by atoms with Gasteiger partial charge in [-0.1, -0.05) is 221 Å². The second-order valence-electron chi connectivity index (χ2n) is 20.7. The van der Waals surface area contributed by atoms with Crippen molar-refractivity contribution in [2.75, 3.05) is 0 Å². The number of ether oxygens (including phenoxy) is 1. The van der Waals surface area contributed by atoms with Crippen LogP contribution in [0.25, 0.3) is 78.0 Å². The standard InChI is InChI=1S/C66H51N3OSi2/c1-66(2)56-33-17-22-38-61(56)70-64-62(71(66,3)4)41-44(68-59-36-20-21-37-60(59)69-58-35-19-18-34-57(58)67-65(68)69)42-63(64)72(45-23-7-5-8-24-45,46-25-9-6-10-26-46)47-39-40-54-52-31-14-13-29-50(52)48-27-11-12-28-49(48)51-30-15-16-32-53(51)55(54)43-47/h5-43H,1-4H3. The molecule has 72 heavy (non-hydrogen) atoms. The molecule has 0 atom stereocenters. The van der Waals surface area contributed by atoms with Gasteiger partial charge in [-0.15, -0.1) is 0 Å². The third kappa shape index (κ3) is 5.94. The predicted molar refractivity (Wildman–Crippen MR) is 305 cm³/mol. The van der Waals surface area contributed by atoms with E-state index in [0.29, 0.717) is 0 Å². The molecule has 0 spiro atoms. The maximum atomic E-state index is 7.80. The molecule has 4 nitrogen and oxygen atoms in total. The van der Waals surface area contributed by atoms with E-state index in [9.17, 15) is 0 Å². The van der Waals surface area contributed by atoms with E-state index in [-0.39, 0.29) is 5.04 Å². The van der Waals surface area contributed by atoms with Crippen LogP contribution in [0.2, 0.25) is 13.1 Å². The van der Waals surface area contributed by atoms with Gasteiger partial charge in [-0.05, 0) is 124 Å². The average Bonchev–Trinajstić information content (AvgIpc) is 3.95. The number of hydrogen-bond donors (Lipinski definition) is 0. The summed E-state index contributed by atoms with van der Waals surface area (Å²) in [5.74, 6) is 2.80. The molecule has 0 saturated carbocycles. The van der Waals surface area contributed by atoms with Crippen molar-refractivity contribution < 1.29 is 4.74 Å². The van der Waals surface area contributed by atoms with E-state index in [1.807, 2.05) is 0 Å². The van der Waals surface area contributed by atoms with Gasteiger partial charge >= 0.3 is 0 Å². The number of fused-ring (bicyclic) bond motifs is 15. The summed E-state index contributed by atoms with van der Waals surface area (Å²) < 4.78 is 12.6. The zero-order valence-electron chi connectivity index (χ0n) is 40.8. The summed E-state index contributed by atoms with van der Waals surface area (Å²) in [6.07, 6.45) is 0. The molecule has 14 rings (SSSR count). The fourth-order valence-corrected chi connectivity index (χ4v) is 20.3. The molecule has 6 heteroatoms. The molecule has 344 valence electrons. The van der Waals surface area contributed by atoms with Crippen molar-refractivity contribution in [1.29, 1.82) is 0 Å². The number of benzene rings is 10. The van der Waals surface area contributed by atoms with E-state index in [2.05, 4.69) is 272 Å². The van der Waals surface area contributed by atoms with Crippen LogP contribution in [0.15, 0.2) is 237 Å². The Bertz CT molecular complexity index is 4100. The highest BCUT2D eigenvalue weighted by atomic mass is 28.3. The molecule has 0 unspecified atom stereocenters. The Morgan fingerprint density at radius 1 is 0.444 bits per heavy atom. The zero-order valence-corrected chi connectivity index (χ0v) is 42.8. The smallest absolute Gasteiger partial charge is 0.220 e. The molecule has 2 aliphatic rings. The van der Waals surface area contributed by atoms with Crippen LogP contribution in [-0.4, -0.2) is 30.1 Å². The Morgan fingerprint density at radius 2 is 0.931 bits per heavy atom. The van der Waals surface area contributed by atoms with Gasteiger partial charge in [-0.3, -0.25) is 8.97 Å². The van der Waals surface area contributed by atoms with Gasteiger partial charge in [0.25, 0.3) is 0 Å². The molecular weight excluding hydrogens is 907 g/mol. The van der Waals surface area contributed by atoms with Crippen LogP contribution >= 0.6 is 0 Å². The molecular formula is C66H51N3OSi2. The van der Waals surface area contributed by atoms with Crippen molar-refractivity contribution >= 4 is 69.9 Å². The minimum atomic E-state index is -3.46. The Balaban J connectivity index is 1.17. The molecule has 0 radical (unpaired) electrons. The van der Waals surface area contributed by atoms with Gasteiger partial charge in [0.1, 0.15) is 11.5 Å². The molecule has 0 amide bonds.